The van der Waals surface area contributed by atoms with E-state index in [4.69, 9.17) is 0 Å². The topological polar surface area (TPSA) is 49.3 Å². The lowest BCUT2D eigenvalue weighted by molar-refractivity contribution is 0.0920. The maximum Gasteiger partial charge on any atom is 0.261 e. The minimum atomic E-state index is -0.365. The van der Waals surface area contributed by atoms with E-state index in [0.717, 1.165) is 12.0 Å². The van der Waals surface area contributed by atoms with Crippen LogP contribution in [0.2, 0.25) is 0 Å². The van der Waals surface area contributed by atoms with E-state index in [1.54, 1.807) is 0 Å². The van der Waals surface area contributed by atoms with Crippen molar-refractivity contribution in [3.05, 3.63) is 57.3 Å². The SMILES string of the molecule is CCc1cc(C(=O)NC(CO)c2ccccc2)sc1C. The van der Waals surface area contributed by atoms with Crippen molar-refractivity contribution in [1.82, 2.24) is 5.32 Å². The maximum atomic E-state index is 12.3. The predicted molar refractivity (Wildman–Crippen MR) is 82.2 cm³/mol. The molecular formula is C16H19NO2S. The molecule has 0 bridgehead atoms. The van der Waals surface area contributed by atoms with Crippen LogP contribution in [0.25, 0.3) is 0 Å². The van der Waals surface area contributed by atoms with Gasteiger partial charge in [-0.3, -0.25) is 4.79 Å². The van der Waals surface area contributed by atoms with Gasteiger partial charge >= 0.3 is 0 Å². The molecule has 1 aromatic heterocycles. The summed E-state index contributed by atoms with van der Waals surface area (Å²) in [5.74, 6) is -0.124. The fraction of sp³-hybridized carbons (Fsp3) is 0.312. The summed E-state index contributed by atoms with van der Waals surface area (Å²) in [4.78, 5) is 14.1. The molecule has 20 heavy (non-hydrogen) atoms. The Bertz CT molecular complexity index is 577. The number of hydrogen-bond acceptors (Lipinski definition) is 3. The zero-order chi connectivity index (χ0) is 14.5. The molecule has 0 radical (unpaired) electrons. The van der Waals surface area contributed by atoms with Crippen LogP contribution < -0.4 is 5.32 Å². The zero-order valence-corrected chi connectivity index (χ0v) is 12.5. The van der Waals surface area contributed by atoms with Crippen LogP contribution in [0.15, 0.2) is 36.4 Å². The summed E-state index contributed by atoms with van der Waals surface area (Å²) in [6, 6.07) is 11.1. The molecular weight excluding hydrogens is 270 g/mol. The molecule has 1 unspecified atom stereocenters. The average molecular weight is 289 g/mol. The molecule has 2 aromatic rings. The Balaban J connectivity index is 2.13. The van der Waals surface area contributed by atoms with Crippen LogP contribution in [-0.2, 0) is 6.42 Å². The lowest BCUT2D eigenvalue weighted by atomic mass is 10.1. The second kappa shape index (κ2) is 6.68. The Hall–Kier alpha value is -1.65. The Labute approximate surface area is 123 Å². The van der Waals surface area contributed by atoms with Crippen molar-refractivity contribution in [2.45, 2.75) is 26.3 Å². The lowest BCUT2D eigenvalue weighted by Gasteiger charge is -2.16. The molecule has 0 saturated carbocycles. The minimum Gasteiger partial charge on any atom is -0.394 e. The zero-order valence-electron chi connectivity index (χ0n) is 11.7. The van der Waals surface area contributed by atoms with E-state index in [9.17, 15) is 9.90 Å². The molecule has 1 aromatic carbocycles. The van der Waals surface area contributed by atoms with Gasteiger partial charge < -0.3 is 10.4 Å². The van der Waals surface area contributed by atoms with Crippen LogP contribution in [0.3, 0.4) is 0 Å². The number of aliphatic hydroxyl groups excluding tert-OH is 1. The molecule has 0 aliphatic rings. The van der Waals surface area contributed by atoms with Crippen molar-refractivity contribution in [3.63, 3.8) is 0 Å². The highest BCUT2D eigenvalue weighted by Gasteiger charge is 2.17. The second-order valence-electron chi connectivity index (χ2n) is 4.66. The summed E-state index contributed by atoms with van der Waals surface area (Å²) in [6.07, 6.45) is 0.928. The number of hydrogen-bond donors (Lipinski definition) is 2. The summed E-state index contributed by atoms with van der Waals surface area (Å²) in [5, 5.41) is 12.4. The first-order valence-corrected chi connectivity index (χ1v) is 7.53. The first kappa shape index (κ1) is 14.8. The molecule has 0 spiro atoms. The average Bonchev–Trinajstić information content (AvgIpc) is 2.86. The second-order valence-corrected chi connectivity index (χ2v) is 5.92. The molecule has 3 nitrogen and oxygen atoms in total. The third-order valence-electron chi connectivity index (χ3n) is 3.32. The van der Waals surface area contributed by atoms with Gasteiger partial charge in [0.15, 0.2) is 0 Å². The first-order valence-electron chi connectivity index (χ1n) is 6.71. The van der Waals surface area contributed by atoms with Gasteiger partial charge in [-0.1, -0.05) is 37.3 Å². The van der Waals surface area contributed by atoms with Crippen LogP contribution in [0.4, 0.5) is 0 Å². The molecule has 1 amide bonds. The van der Waals surface area contributed by atoms with Gasteiger partial charge in [-0.2, -0.15) is 0 Å². The number of aryl methyl sites for hydroxylation is 2. The monoisotopic (exact) mass is 289 g/mol. The summed E-state index contributed by atoms with van der Waals surface area (Å²) in [7, 11) is 0. The molecule has 0 fully saturated rings. The first-order chi connectivity index (χ1) is 9.65. The normalized spacial score (nSPS) is 12.2. The van der Waals surface area contributed by atoms with E-state index < -0.39 is 0 Å². The van der Waals surface area contributed by atoms with Crippen LogP contribution >= 0.6 is 11.3 Å². The van der Waals surface area contributed by atoms with Gasteiger partial charge in [-0.25, -0.2) is 0 Å². The molecule has 4 heteroatoms. The molecule has 0 saturated heterocycles. The van der Waals surface area contributed by atoms with Gasteiger partial charge in [0.2, 0.25) is 0 Å². The van der Waals surface area contributed by atoms with E-state index in [2.05, 4.69) is 12.2 Å². The fourth-order valence-corrected chi connectivity index (χ4v) is 3.15. The smallest absolute Gasteiger partial charge is 0.261 e. The van der Waals surface area contributed by atoms with Gasteiger partial charge in [-0.05, 0) is 30.5 Å². The Morgan fingerprint density at radius 2 is 2.05 bits per heavy atom. The fourth-order valence-electron chi connectivity index (χ4n) is 2.13. The summed E-state index contributed by atoms with van der Waals surface area (Å²) in [6.45, 7) is 4.00. The largest absolute Gasteiger partial charge is 0.394 e. The number of aliphatic hydroxyl groups is 1. The van der Waals surface area contributed by atoms with Crippen LogP contribution in [0.5, 0.6) is 0 Å². The van der Waals surface area contributed by atoms with E-state index in [-0.39, 0.29) is 18.6 Å². The Morgan fingerprint density at radius 1 is 1.35 bits per heavy atom. The minimum absolute atomic E-state index is 0.110. The number of thiophene rings is 1. The number of benzene rings is 1. The molecule has 2 N–H and O–H groups in total. The molecule has 1 heterocycles. The Kier molecular flexibility index (Phi) is 4.93. The standard InChI is InChI=1S/C16H19NO2S/c1-3-12-9-15(20-11(12)2)16(19)17-14(10-18)13-7-5-4-6-8-13/h4-9,14,18H,3,10H2,1-2H3,(H,17,19). The van der Waals surface area contributed by atoms with Gasteiger partial charge in [0, 0.05) is 4.88 Å². The van der Waals surface area contributed by atoms with Gasteiger partial charge in [-0.15, -0.1) is 11.3 Å². The van der Waals surface area contributed by atoms with Crippen LogP contribution in [-0.4, -0.2) is 17.6 Å². The lowest BCUT2D eigenvalue weighted by Crippen LogP contribution is -2.30. The van der Waals surface area contributed by atoms with Crippen LogP contribution in [0.1, 0.15) is 38.6 Å². The summed E-state index contributed by atoms with van der Waals surface area (Å²) in [5.41, 5.74) is 2.12. The van der Waals surface area contributed by atoms with E-state index >= 15 is 0 Å². The van der Waals surface area contributed by atoms with Crippen LogP contribution in [0, 0.1) is 6.92 Å². The van der Waals surface area contributed by atoms with E-state index in [0.29, 0.717) is 4.88 Å². The van der Waals surface area contributed by atoms with Gasteiger partial charge in [0.05, 0.1) is 17.5 Å². The molecule has 106 valence electrons. The van der Waals surface area contributed by atoms with E-state index in [1.807, 2.05) is 43.3 Å². The number of rotatable bonds is 5. The number of amides is 1. The predicted octanol–water partition coefficient (Wildman–Crippen LogP) is 3.08. The van der Waals surface area contributed by atoms with Crippen molar-refractivity contribution < 1.29 is 9.90 Å². The highest BCUT2D eigenvalue weighted by atomic mass is 32.1. The third kappa shape index (κ3) is 3.26. The third-order valence-corrected chi connectivity index (χ3v) is 4.41. The quantitative estimate of drug-likeness (QED) is 0.888. The van der Waals surface area contributed by atoms with Crippen molar-refractivity contribution in [2.75, 3.05) is 6.61 Å². The molecule has 0 aliphatic heterocycles. The van der Waals surface area contributed by atoms with E-state index in [1.165, 1.54) is 21.8 Å². The Morgan fingerprint density at radius 3 is 2.60 bits per heavy atom. The highest BCUT2D eigenvalue weighted by molar-refractivity contribution is 7.14. The number of carbonyl (C=O) groups is 1. The van der Waals surface area contributed by atoms with Crippen molar-refractivity contribution in [1.29, 1.82) is 0 Å². The van der Waals surface area contributed by atoms with Gasteiger partial charge in [0.25, 0.3) is 5.91 Å². The molecule has 0 aliphatic carbocycles. The maximum absolute atomic E-state index is 12.3. The van der Waals surface area contributed by atoms with Crippen molar-refractivity contribution in [3.8, 4) is 0 Å². The number of nitrogens with one attached hydrogen (secondary N) is 1. The highest BCUT2D eigenvalue weighted by Crippen LogP contribution is 2.23. The summed E-state index contributed by atoms with van der Waals surface area (Å²) >= 11 is 1.50. The molecule has 2 rings (SSSR count). The van der Waals surface area contributed by atoms with Crippen molar-refractivity contribution >= 4 is 17.2 Å². The number of carbonyl (C=O) groups excluding carboxylic acids is 1. The van der Waals surface area contributed by atoms with Gasteiger partial charge in [0.1, 0.15) is 0 Å². The summed E-state index contributed by atoms with van der Waals surface area (Å²) < 4.78 is 0. The molecule has 1 atom stereocenters. The van der Waals surface area contributed by atoms with Crippen molar-refractivity contribution in [2.24, 2.45) is 0 Å².